The molecule has 0 unspecified atom stereocenters. The molecule has 0 atom stereocenters. The second kappa shape index (κ2) is 7.78. The van der Waals surface area contributed by atoms with Gasteiger partial charge in [-0.05, 0) is 55.7 Å². The molecule has 0 saturated heterocycles. The van der Waals surface area contributed by atoms with Crippen molar-refractivity contribution in [1.29, 1.82) is 0 Å². The van der Waals surface area contributed by atoms with Crippen LogP contribution in [0.25, 0.3) is 11.1 Å². The topological polar surface area (TPSA) is 52.6 Å². The number of hydrogen-bond donors (Lipinski definition) is 0. The Labute approximate surface area is 151 Å². The molecule has 4 nitrogen and oxygen atoms in total. The smallest absolute Gasteiger partial charge is 0.338 e. The molecule has 2 rings (SSSR count). The zero-order chi connectivity index (χ0) is 19.4. The molecule has 26 heavy (non-hydrogen) atoms. The Morgan fingerprint density at radius 3 is 1.96 bits per heavy atom. The van der Waals surface area contributed by atoms with E-state index < -0.39 is 17.8 Å². The third-order valence-electron chi connectivity index (χ3n) is 3.63. The van der Waals surface area contributed by atoms with E-state index in [0.29, 0.717) is 22.4 Å². The minimum Gasteiger partial charge on any atom is -0.423 e. The number of carbonyl (C=O) groups is 2. The molecule has 0 aliphatic carbocycles. The van der Waals surface area contributed by atoms with Gasteiger partial charge < -0.3 is 9.47 Å². The third kappa shape index (κ3) is 4.25. The quantitative estimate of drug-likeness (QED) is 0.441. The normalized spacial score (nSPS) is 10.2. The van der Waals surface area contributed by atoms with Gasteiger partial charge >= 0.3 is 11.9 Å². The molecule has 2 aromatic rings. The van der Waals surface area contributed by atoms with Crippen LogP contribution in [-0.2, 0) is 9.59 Å². The maximum atomic E-state index is 14.5. The lowest BCUT2D eigenvalue weighted by atomic mass is 9.99. The predicted molar refractivity (Wildman–Crippen MR) is 97.5 cm³/mol. The summed E-state index contributed by atoms with van der Waals surface area (Å²) in [6, 6.07) is 9.71. The number of halogens is 1. The molecule has 0 bridgehead atoms. The van der Waals surface area contributed by atoms with Crippen molar-refractivity contribution in [2.45, 2.75) is 20.8 Å². The highest BCUT2D eigenvalue weighted by Crippen LogP contribution is 2.31. The fraction of sp³-hybridized carbons (Fsp3) is 0.143. The summed E-state index contributed by atoms with van der Waals surface area (Å²) < 4.78 is 24.6. The van der Waals surface area contributed by atoms with E-state index in [1.165, 1.54) is 13.0 Å². The molecule has 5 heteroatoms. The van der Waals surface area contributed by atoms with E-state index in [-0.39, 0.29) is 11.3 Å². The second-order valence-corrected chi connectivity index (χ2v) is 5.91. The van der Waals surface area contributed by atoms with Crippen molar-refractivity contribution >= 4 is 11.9 Å². The van der Waals surface area contributed by atoms with Crippen LogP contribution in [0.3, 0.4) is 0 Å². The van der Waals surface area contributed by atoms with Crippen molar-refractivity contribution in [3.63, 3.8) is 0 Å². The van der Waals surface area contributed by atoms with Gasteiger partial charge in [-0.25, -0.2) is 14.0 Å². The third-order valence-corrected chi connectivity index (χ3v) is 3.63. The number of hydrogen-bond acceptors (Lipinski definition) is 4. The maximum Gasteiger partial charge on any atom is 0.338 e. The molecule has 0 radical (unpaired) electrons. The van der Waals surface area contributed by atoms with E-state index in [1.807, 2.05) is 0 Å². The monoisotopic (exact) mass is 354 g/mol. The maximum absolute atomic E-state index is 14.5. The van der Waals surface area contributed by atoms with Gasteiger partial charge in [0.05, 0.1) is 0 Å². The summed E-state index contributed by atoms with van der Waals surface area (Å²) in [4.78, 5) is 23.1. The number of esters is 2. The van der Waals surface area contributed by atoms with Gasteiger partial charge in [0.25, 0.3) is 0 Å². The van der Waals surface area contributed by atoms with Crippen LogP contribution in [0.2, 0.25) is 0 Å². The highest BCUT2D eigenvalue weighted by Gasteiger charge is 2.15. The van der Waals surface area contributed by atoms with Crippen LogP contribution in [0.4, 0.5) is 4.39 Å². The molecule has 0 spiro atoms. The summed E-state index contributed by atoms with van der Waals surface area (Å²) in [5.41, 5.74) is 2.19. The molecule has 0 amide bonds. The van der Waals surface area contributed by atoms with Crippen molar-refractivity contribution in [2.75, 3.05) is 0 Å². The average Bonchev–Trinajstić information content (AvgIpc) is 2.59. The average molecular weight is 354 g/mol. The van der Waals surface area contributed by atoms with Crippen molar-refractivity contribution in [1.82, 2.24) is 0 Å². The fourth-order valence-electron chi connectivity index (χ4n) is 2.14. The Hall–Kier alpha value is -3.21. The van der Waals surface area contributed by atoms with E-state index in [9.17, 15) is 14.0 Å². The Kier molecular flexibility index (Phi) is 5.72. The standard InChI is InChI=1S/C21H19FO4/c1-12(2)20(23)25-16-8-6-15(7-9-16)17-10-11-18(19(22)14(17)5)26-21(24)13(3)4/h6-11H,1,3H2,2,4-5H3. The molecular formula is C21H19FO4. The van der Waals surface area contributed by atoms with E-state index >= 15 is 0 Å². The second-order valence-electron chi connectivity index (χ2n) is 5.91. The minimum absolute atomic E-state index is 0.147. The first-order valence-corrected chi connectivity index (χ1v) is 7.85. The van der Waals surface area contributed by atoms with Crippen molar-refractivity contribution in [3.8, 4) is 22.6 Å². The molecule has 0 aliphatic rings. The van der Waals surface area contributed by atoms with Crippen LogP contribution in [-0.4, -0.2) is 11.9 Å². The summed E-state index contributed by atoms with van der Waals surface area (Å²) in [7, 11) is 0. The van der Waals surface area contributed by atoms with Gasteiger partial charge in [-0.3, -0.25) is 0 Å². The van der Waals surface area contributed by atoms with Gasteiger partial charge in [0.2, 0.25) is 0 Å². The first-order valence-electron chi connectivity index (χ1n) is 7.85. The van der Waals surface area contributed by atoms with Crippen LogP contribution in [0, 0.1) is 12.7 Å². The van der Waals surface area contributed by atoms with Gasteiger partial charge in [-0.1, -0.05) is 31.4 Å². The molecule has 0 saturated carbocycles. The van der Waals surface area contributed by atoms with Crippen molar-refractivity contribution in [3.05, 3.63) is 72.1 Å². The van der Waals surface area contributed by atoms with Gasteiger partial charge in [0, 0.05) is 11.1 Å². The molecule has 0 N–H and O–H groups in total. The van der Waals surface area contributed by atoms with Gasteiger partial charge in [0.15, 0.2) is 11.6 Å². The number of rotatable bonds is 5. The summed E-state index contributed by atoms with van der Waals surface area (Å²) in [5, 5.41) is 0. The molecule has 134 valence electrons. The highest BCUT2D eigenvalue weighted by atomic mass is 19.1. The molecule has 2 aromatic carbocycles. The predicted octanol–water partition coefficient (Wildman–Crippen LogP) is 4.76. The fourth-order valence-corrected chi connectivity index (χ4v) is 2.14. The van der Waals surface area contributed by atoms with Crippen LogP contribution < -0.4 is 9.47 Å². The van der Waals surface area contributed by atoms with Gasteiger partial charge in [-0.2, -0.15) is 0 Å². The first kappa shape index (κ1) is 19.1. The summed E-state index contributed by atoms with van der Waals surface area (Å²) in [6.07, 6.45) is 0. The highest BCUT2D eigenvalue weighted by molar-refractivity contribution is 5.89. The lowest BCUT2D eigenvalue weighted by Gasteiger charge is -2.12. The van der Waals surface area contributed by atoms with Crippen LogP contribution in [0.5, 0.6) is 11.5 Å². The molecular weight excluding hydrogens is 335 g/mol. The summed E-state index contributed by atoms with van der Waals surface area (Å²) >= 11 is 0. The molecule has 0 aromatic heterocycles. The van der Waals surface area contributed by atoms with Crippen LogP contribution >= 0.6 is 0 Å². The van der Waals surface area contributed by atoms with Crippen molar-refractivity contribution in [2.24, 2.45) is 0 Å². The summed E-state index contributed by atoms with van der Waals surface area (Å²) in [5.74, 6) is -1.59. The van der Waals surface area contributed by atoms with E-state index in [2.05, 4.69) is 13.2 Å². The number of ether oxygens (including phenoxy) is 2. The largest absolute Gasteiger partial charge is 0.423 e. The SMILES string of the molecule is C=C(C)C(=O)Oc1ccc(-c2ccc(OC(=O)C(=C)C)c(F)c2C)cc1. The Morgan fingerprint density at radius 1 is 0.885 bits per heavy atom. The first-order chi connectivity index (χ1) is 12.2. The van der Waals surface area contributed by atoms with E-state index in [1.54, 1.807) is 44.2 Å². The lowest BCUT2D eigenvalue weighted by Crippen LogP contribution is -2.10. The van der Waals surface area contributed by atoms with E-state index in [4.69, 9.17) is 9.47 Å². The Morgan fingerprint density at radius 2 is 1.42 bits per heavy atom. The zero-order valence-corrected chi connectivity index (χ0v) is 14.9. The minimum atomic E-state index is -0.681. The Bertz CT molecular complexity index is 895. The van der Waals surface area contributed by atoms with Gasteiger partial charge in [0.1, 0.15) is 5.75 Å². The van der Waals surface area contributed by atoms with Gasteiger partial charge in [-0.15, -0.1) is 0 Å². The lowest BCUT2D eigenvalue weighted by molar-refractivity contribution is -0.131. The van der Waals surface area contributed by atoms with E-state index in [0.717, 1.165) is 5.56 Å². The van der Waals surface area contributed by atoms with Crippen LogP contribution in [0.1, 0.15) is 19.4 Å². The summed E-state index contributed by atoms with van der Waals surface area (Å²) in [6.45, 7) is 11.6. The zero-order valence-electron chi connectivity index (χ0n) is 14.9. The molecule has 0 aliphatic heterocycles. The number of carbonyl (C=O) groups excluding carboxylic acids is 2. The molecule has 0 heterocycles. The van der Waals surface area contributed by atoms with Crippen molar-refractivity contribution < 1.29 is 23.5 Å². The Balaban J connectivity index is 2.27. The van der Waals surface area contributed by atoms with Crippen LogP contribution in [0.15, 0.2) is 60.7 Å². The number of benzene rings is 2. The molecule has 0 fully saturated rings.